The Labute approximate surface area is 140 Å². The number of aromatic nitrogens is 4. The molecule has 0 aliphatic carbocycles. The Bertz CT molecular complexity index is 764. The van der Waals surface area contributed by atoms with Gasteiger partial charge in [-0.05, 0) is 13.8 Å². The van der Waals surface area contributed by atoms with Gasteiger partial charge in [0.25, 0.3) is 5.91 Å². The molecule has 0 radical (unpaired) electrons. The molecule has 0 bridgehead atoms. The zero-order valence-electron chi connectivity index (χ0n) is 14.7. The highest BCUT2D eigenvalue weighted by Crippen LogP contribution is 2.31. The van der Waals surface area contributed by atoms with Crippen LogP contribution in [0.4, 0.5) is 0 Å². The third kappa shape index (κ3) is 2.89. The minimum absolute atomic E-state index is 0.0710. The maximum atomic E-state index is 12.7. The molecule has 8 nitrogen and oxygen atoms in total. The summed E-state index contributed by atoms with van der Waals surface area (Å²) in [4.78, 5) is 12.7. The van der Waals surface area contributed by atoms with Crippen LogP contribution in [0.1, 0.15) is 47.3 Å². The first-order chi connectivity index (χ1) is 11.4. The normalized spacial score (nSPS) is 19.9. The molecule has 3 rings (SSSR count). The van der Waals surface area contributed by atoms with Crippen molar-refractivity contribution in [3.05, 3.63) is 28.7 Å². The van der Waals surface area contributed by atoms with E-state index in [1.807, 2.05) is 27.1 Å². The van der Waals surface area contributed by atoms with E-state index in [-0.39, 0.29) is 18.1 Å². The fourth-order valence-corrected chi connectivity index (χ4v) is 3.22. The summed E-state index contributed by atoms with van der Waals surface area (Å²) >= 11 is 0. The van der Waals surface area contributed by atoms with Gasteiger partial charge >= 0.3 is 0 Å². The van der Waals surface area contributed by atoms with Gasteiger partial charge in [0.05, 0.1) is 37.1 Å². The van der Waals surface area contributed by atoms with Crippen molar-refractivity contribution < 1.29 is 14.3 Å². The molecule has 1 aliphatic rings. The van der Waals surface area contributed by atoms with Crippen molar-refractivity contribution in [3.63, 3.8) is 0 Å². The number of amides is 1. The van der Waals surface area contributed by atoms with Gasteiger partial charge in [-0.1, -0.05) is 0 Å². The first-order valence-electron chi connectivity index (χ1n) is 7.96. The number of carbonyl (C=O) groups is 1. The Balaban J connectivity index is 1.81. The number of methoxy groups -OCH3 is 1. The van der Waals surface area contributed by atoms with Crippen molar-refractivity contribution in [1.82, 2.24) is 24.9 Å². The third-order valence-corrected chi connectivity index (χ3v) is 4.20. The van der Waals surface area contributed by atoms with Gasteiger partial charge in [0.15, 0.2) is 0 Å². The summed E-state index contributed by atoms with van der Waals surface area (Å²) in [6, 6.07) is 0. The first kappa shape index (κ1) is 16.5. The van der Waals surface area contributed by atoms with E-state index in [2.05, 4.69) is 15.5 Å². The van der Waals surface area contributed by atoms with Crippen molar-refractivity contribution in [2.24, 2.45) is 14.1 Å². The first-order valence-corrected chi connectivity index (χ1v) is 7.96. The van der Waals surface area contributed by atoms with E-state index in [9.17, 15) is 4.79 Å². The molecule has 2 atom stereocenters. The zero-order valence-corrected chi connectivity index (χ0v) is 14.7. The molecule has 24 heavy (non-hydrogen) atoms. The van der Waals surface area contributed by atoms with Gasteiger partial charge in [-0.15, -0.1) is 5.10 Å². The Morgan fingerprint density at radius 3 is 2.88 bits per heavy atom. The van der Waals surface area contributed by atoms with Gasteiger partial charge in [-0.3, -0.25) is 14.2 Å². The SMILES string of the molecule is COc1nn(C)cc1CNC(=O)c1c2c(nn1C)[C@H](C)O[C@H](C)C2. The van der Waals surface area contributed by atoms with E-state index >= 15 is 0 Å². The summed E-state index contributed by atoms with van der Waals surface area (Å²) in [6.45, 7) is 4.32. The molecule has 3 heterocycles. The van der Waals surface area contributed by atoms with Crippen LogP contribution in [0.2, 0.25) is 0 Å². The molecule has 0 saturated carbocycles. The summed E-state index contributed by atoms with van der Waals surface area (Å²) in [6.07, 6.45) is 2.49. The second-order valence-electron chi connectivity index (χ2n) is 6.15. The maximum Gasteiger partial charge on any atom is 0.270 e. The van der Waals surface area contributed by atoms with Crippen molar-refractivity contribution in [2.45, 2.75) is 39.0 Å². The number of hydrogen-bond acceptors (Lipinski definition) is 5. The van der Waals surface area contributed by atoms with E-state index < -0.39 is 0 Å². The number of rotatable bonds is 4. The van der Waals surface area contributed by atoms with E-state index in [4.69, 9.17) is 9.47 Å². The number of nitrogens with zero attached hydrogens (tertiary/aromatic N) is 4. The van der Waals surface area contributed by atoms with E-state index in [1.165, 1.54) is 0 Å². The van der Waals surface area contributed by atoms with Crippen molar-refractivity contribution >= 4 is 5.91 Å². The lowest BCUT2D eigenvalue weighted by Gasteiger charge is -2.24. The number of fused-ring (bicyclic) bond motifs is 1. The second-order valence-corrected chi connectivity index (χ2v) is 6.15. The summed E-state index contributed by atoms with van der Waals surface area (Å²) in [7, 11) is 5.16. The smallest absolute Gasteiger partial charge is 0.270 e. The summed E-state index contributed by atoms with van der Waals surface area (Å²) < 4.78 is 14.3. The summed E-state index contributed by atoms with van der Waals surface area (Å²) in [5.41, 5.74) is 3.24. The molecular formula is C16H23N5O3. The van der Waals surface area contributed by atoms with Gasteiger partial charge in [-0.2, -0.15) is 5.10 Å². The largest absolute Gasteiger partial charge is 0.480 e. The minimum atomic E-state index is -0.154. The van der Waals surface area contributed by atoms with Crippen LogP contribution in [-0.4, -0.2) is 38.7 Å². The van der Waals surface area contributed by atoms with E-state index in [0.29, 0.717) is 24.5 Å². The van der Waals surface area contributed by atoms with Crippen LogP contribution in [-0.2, 0) is 31.8 Å². The zero-order chi connectivity index (χ0) is 17.4. The Hall–Kier alpha value is -2.35. The van der Waals surface area contributed by atoms with Crippen LogP contribution >= 0.6 is 0 Å². The predicted molar refractivity (Wildman–Crippen MR) is 86.8 cm³/mol. The average molecular weight is 333 g/mol. The average Bonchev–Trinajstić information content (AvgIpc) is 3.04. The number of carbonyl (C=O) groups excluding carboxylic acids is 1. The van der Waals surface area contributed by atoms with Crippen LogP contribution < -0.4 is 10.1 Å². The molecule has 2 aromatic rings. The van der Waals surface area contributed by atoms with Crippen molar-refractivity contribution in [2.75, 3.05) is 7.11 Å². The lowest BCUT2D eigenvalue weighted by Crippen LogP contribution is -2.28. The highest BCUT2D eigenvalue weighted by atomic mass is 16.5. The molecule has 8 heteroatoms. The highest BCUT2D eigenvalue weighted by molar-refractivity contribution is 5.94. The Kier molecular flexibility index (Phi) is 4.31. The molecule has 2 aromatic heterocycles. The van der Waals surface area contributed by atoms with E-state index in [0.717, 1.165) is 16.8 Å². The molecule has 1 N–H and O–H groups in total. The monoisotopic (exact) mass is 333 g/mol. The van der Waals surface area contributed by atoms with Crippen molar-refractivity contribution in [1.29, 1.82) is 0 Å². The third-order valence-electron chi connectivity index (χ3n) is 4.20. The van der Waals surface area contributed by atoms with Gasteiger partial charge in [-0.25, -0.2) is 0 Å². The molecule has 0 fully saturated rings. The number of ether oxygens (including phenoxy) is 2. The van der Waals surface area contributed by atoms with Crippen LogP contribution in [0.25, 0.3) is 0 Å². The Morgan fingerprint density at radius 1 is 1.42 bits per heavy atom. The topological polar surface area (TPSA) is 83.2 Å². The van der Waals surface area contributed by atoms with Crippen LogP contribution in [0, 0.1) is 0 Å². The van der Waals surface area contributed by atoms with Gasteiger partial charge in [0.2, 0.25) is 5.88 Å². The van der Waals surface area contributed by atoms with Gasteiger partial charge in [0.1, 0.15) is 5.69 Å². The summed E-state index contributed by atoms with van der Waals surface area (Å²) in [5.74, 6) is 0.360. The standard InChI is InChI=1S/C16H23N5O3/c1-9-6-12-13(10(2)24-9)18-21(4)14(12)15(22)17-7-11-8-20(3)19-16(11)23-5/h8-10H,6-7H2,1-5H3,(H,17,22)/t9-,10+/m1/s1. The van der Waals surface area contributed by atoms with Crippen molar-refractivity contribution in [3.8, 4) is 5.88 Å². The quantitative estimate of drug-likeness (QED) is 0.906. The molecule has 0 saturated heterocycles. The minimum Gasteiger partial charge on any atom is -0.480 e. The Morgan fingerprint density at radius 2 is 2.17 bits per heavy atom. The number of aryl methyl sites for hydroxylation is 2. The van der Waals surface area contributed by atoms with E-state index in [1.54, 1.807) is 23.5 Å². The molecule has 0 aromatic carbocycles. The van der Waals surface area contributed by atoms with Gasteiger partial charge in [0, 0.05) is 32.3 Å². The molecule has 0 spiro atoms. The predicted octanol–water partition coefficient (Wildman–Crippen LogP) is 1.11. The molecular weight excluding hydrogens is 310 g/mol. The van der Waals surface area contributed by atoms with Crippen LogP contribution in [0.15, 0.2) is 6.20 Å². The highest BCUT2D eigenvalue weighted by Gasteiger charge is 2.31. The van der Waals surface area contributed by atoms with Crippen LogP contribution in [0.3, 0.4) is 0 Å². The second kappa shape index (κ2) is 6.27. The molecule has 1 aliphatic heterocycles. The maximum absolute atomic E-state index is 12.7. The molecule has 130 valence electrons. The molecule has 1 amide bonds. The lowest BCUT2D eigenvalue weighted by molar-refractivity contribution is -0.00710. The number of hydrogen-bond donors (Lipinski definition) is 1. The fourth-order valence-electron chi connectivity index (χ4n) is 3.22. The van der Waals surface area contributed by atoms with Crippen LogP contribution in [0.5, 0.6) is 5.88 Å². The lowest BCUT2D eigenvalue weighted by atomic mass is 9.99. The number of nitrogens with one attached hydrogen (secondary N) is 1. The molecule has 0 unspecified atom stereocenters. The van der Waals surface area contributed by atoms with Gasteiger partial charge < -0.3 is 14.8 Å². The fraction of sp³-hybridized carbons (Fsp3) is 0.562. The summed E-state index contributed by atoms with van der Waals surface area (Å²) in [5, 5.41) is 11.6.